The van der Waals surface area contributed by atoms with Crippen molar-refractivity contribution in [3.05, 3.63) is 29.8 Å². The molecule has 100 valence electrons. The molecule has 0 aromatic carbocycles. The van der Waals surface area contributed by atoms with E-state index in [4.69, 9.17) is 0 Å². The highest BCUT2D eigenvalue weighted by molar-refractivity contribution is 5.17. The number of hydrogen-bond acceptors (Lipinski definition) is 2. The van der Waals surface area contributed by atoms with Crippen LogP contribution in [0.25, 0.3) is 0 Å². The van der Waals surface area contributed by atoms with Gasteiger partial charge >= 0.3 is 0 Å². The molecule has 1 aromatic heterocycles. The van der Waals surface area contributed by atoms with Crippen LogP contribution >= 0.6 is 0 Å². The standard InChI is InChI=1S/C15H23FN2/c1-4-18-14(11-8-12(16)10-17-9-11)13-6-5-7-15(13,2)3/h8-10,13-14,18H,4-7H2,1-3H3. The van der Waals surface area contributed by atoms with Gasteiger partial charge in [0.05, 0.1) is 6.20 Å². The number of hydrogen-bond donors (Lipinski definition) is 1. The van der Waals surface area contributed by atoms with Crippen LogP contribution in [0.5, 0.6) is 0 Å². The third kappa shape index (κ3) is 2.72. The van der Waals surface area contributed by atoms with Gasteiger partial charge in [-0.25, -0.2) is 4.39 Å². The van der Waals surface area contributed by atoms with Gasteiger partial charge in [-0.2, -0.15) is 0 Å². The maximum Gasteiger partial charge on any atom is 0.141 e. The quantitative estimate of drug-likeness (QED) is 0.881. The average Bonchev–Trinajstić information content (AvgIpc) is 2.66. The summed E-state index contributed by atoms with van der Waals surface area (Å²) in [6.45, 7) is 7.64. The molecule has 1 heterocycles. The SMILES string of the molecule is CCNC(c1cncc(F)c1)C1CCCC1(C)C. The summed E-state index contributed by atoms with van der Waals surface area (Å²) in [5.41, 5.74) is 1.30. The van der Waals surface area contributed by atoms with Crippen LogP contribution in [0, 0.1) is 17.2 Å². The van der Waals surface area contributed by atoms with Crippen LogP contribution in [0.1, 0.15) is 51.6 Å². The van der Waals surface area contributed by atoms with Crippen LogP contribution in [0.15, 0.2) is 18.5 Å². The lowest BCUT2D eigenvalue weighted by Gasteiger charge is -2.34. The van der Waals surface area contributed by atoms with Gasteiger partial charge in [-0.15, -0.1) is 0 Å². The third-order valence-corrected chi connectivity index (χ3v) is 4.25. The van der Waals surface area contributed by atoms with E-state index < -0.39 is 0 Å². The van der Waals surface area contributed by atoms with Gasteiger partial charge < -0.3 is 5.32 Å². The minimum absolute atomic E-state index is 0.218. The van der Waals surface area contributed by atoms with Crippen LogP contribution in [-0.2, 0) is 0 Å². The monoisotopic (exact) mass is 250 g/mol. The zero-order valence-electron chi connectivity index (χ0n) is 11.5. The van der Waals surface area contributed by atoms with Gasteiger partial charge in [-0.05, 0) is 42.3 Å². The molecule has 2 unspecified atom stereocenters. The number of halogens is 1. The highest BCUT2D eigenvalue weighted by Crippen LogP contribution is 2.48. The Bertz CT molecular complexity index is 403. The largest absolute Gasteiger partial charge is 0.310 e. The van der Waals surface area contributed by atoms with Crippen molar-refractivity contribution in [1.82, 2.24) is 10.3 Å². The van der Waals surface area contributed by atoms with E-state index in [9.17, 15) is 4.39 Å². The Kier molecular flexibility index (Phi) is 4.00. The maximum absolute atomic E-state index is 13.4. The topological polar surface area (TPSA) is 24.9 Å². The zero-order valence-corrected chi connectivity index (χ0v) is 11.5. The van der Waals surface area contributed by atoms with E-state index in [1.165, 1.54) is 25.5 Å². The Morgan fingerprint density at radius 3 is 2.83 bits per heavy atom. The Morgan fingerprint density at radius 2 is 2.28 bits per heavy atom. The molecule has 0 aliphatic heterocycles. The second-order valence-electron chi connectivity index (χ2n) is 5.96. The molecule has 1 aliphatic carbocycles. The fourth-order valence-electron chi connectivity index (χ4n) is 3.28. The molecule has 1 fully saturated rings. The molecule has 0 amide bonds. The minimum atomic E-state index is -0.244. The van der Waals surface area contributed by atoms with Crippen molar-refractivity contribution in [3.63, 3.8) is 0 Å². The molecule has 1 aliphatic rings. The molecule has 0 bridgehead atoms. The summed E-state index contributed by atoms with van der Waals surface area (Å²) in [7, 11) is 0. The number of aromatic nitrogens is 1. The summed E-state index contributed by atoms with van der Waals surface area (Å²) in [6.07, 6.45) is 6.79. The van der Waals surface area contributed by atoms with Crippen LogP contribution in [0.2, 0.25) is 0 Å². The predicted octanol–water partition coefficient (Wildman–Crippen LogP) is 3.70. The summed E-state index contributed by atoms with van der Waals surface area (Å²) in [4.78, 5) is 3.99. The Hall–Kier alpha value is -0.960. The molecule has 18 heavy (non-hydrogen) atoms. The zero-order chi connectivity index (χ0) is 13.2. The summed E-state index contributed by atoms with van der Waals surface area (Å²) < 4.78 is 13.4. The number of pyridine rings is 1. The molecule has 0 spiro atoms. The van der Waals surface area contributed by atoms with E-state index in [0.29, 0.717) is 11.3 Å². The summed E-state index contributed by atoms with van der Waals surface area (Å²) >= 11 is 0. The van der Waals surface area contributed by atoms with Crippen LogP contribution in [-0.4, -0.2) is 11.5 Å². The van der Waals surface area contributed by atoms with Crippen LogP contribution < -0.4 is 5.32 Å². The summed E-state index contributed by atoms with van der Waals surface area (Å²) in [5, 5.41) is 3.52. The van der Waals surface area contributed by atoms with Crippen molar-refractivity contribution in [2.75, 3.05) is 6.54 Å². The number of nitrogens with one attached hydrogen (secondary N) is 1. The first-order valence-corrected chi connectivity index (χ1v) is 6.88. The molecular formula is C15H23FN2. The Labute approximate surface area is 109 Å². The summed E-state index contributed by atoms with van der Waals surface area (Å²) in [5.74, 6) is 0.312. The highest BCUT2D eigenvalue weighted by Gasteiger charge is 2.39. The predicted molar refractivity (Wildman–Crippen MR) is 71.7 cm³/mol. The fourth-order valence-corrected chi connectivity index (χ4v) is 3.28. The van der Waals surface area contributed by atoms with Gasteiger partial charge in [0.25, 0.3) is 0 Å². The van der Waals surface area contributed by atoms with E-state index in [-0.39, 0.29) is 11.9 Å². The second kappa shape index (κ2) is 5.35. The molecule has 2 nitrogen and oxygen atoms in total. The van der Waals surface area contributed by atoms with Gasteiger partial charge in [0, 0.05) is 12.2 Å². The first kappa shape index (κ1) is 13.5. The lowest BCUT2D eigenvalue weighted by Crippen LogP contribution is -2.34. The normalized spacial score (nSPS) is 24.1. The lowest BCUT2D eigenvalue weighted by atomic mass is 9.75. The molecule has 0 saturated heterocycles. The van der Waals surface area contributed by atoms with Crippen molar-refractivity contribution in [3.8, 4) is 0 Å². The number of rotatable bonds is 4. The van der Waals surface area contributed by atoms with Gasteiger partial charge in [-0.1, -0.05) is 27.2 Å². The van der Waals surface area contributed by atoms with E-state index in [1.54, 1.807) is 12.3 Å². The lowest BCUT2D eigenvalue weighted by molar-refractivity contribution is 0.198. The minimum Gasteiger partial charge on any atom is -0.310 e. The fraction of sp³-hybridized carbons (Fsp3) is 0.667. The van der Waals surface area contributed by atoms with Crippen molar-refractivity contribution in [2.45, 2.75) is 46.1 Å². The maximum atomic E-state index is 13.4. The molecule has 3 heteroatoms. The highest BCUT2D eigenvalue weighted by atomic mass is 19.1. The first-order chi connectivity index (χ1) is 8.54. The molecule has 1 N–H and O–H groups in total. The van der Waals surface area contributed by atoms with Gasteiger partial charge in [0.15, 0.2) is 0 Å². The molecule has 1 aromatic rings. The van der Waals surface area contributed by atoms with E-state index in [1.807, 2.05) is 0 Å². The van der Waals surface area contributed by atoms with Gasteiger partial charge in [0.2, 0.25) is 0 Å². The van der Waals surface area contributed by atoms with Crippen LogP contribution in [0.4, 0.5) is 4.39 Å². The van der Waals surface area contributed by atoms with Crippen molar-refractivity contribution >= 4 is 0 Å². The van der Waals surface area contributed by atoms with Crippen molar-refractivity contribution in [2.24, 2.45) is 11.3 Å². The van der Waals surface area contributed by atoms with E-state index >= 15 is 0 Å². The van der Waals surface area contributed by atoms with Gasteiger partial charge in [-0.3, -0.25) is 4.98 Å². The molecular weight excluding hydrogens is 227 g/mol. The average molecular weight is 250 g/mol. The second-order valence-corrected chi connectivity index (χ2v) is 5.96. The smallest absolute Gasteiger partial charge is 0.141 e. The van der Waals surface area contributed by atoms with Crippen molar-refractivity contribution in [1.29, 1.82) is 0 Å². The third-order valence-electron chi connectivity index (χ3n) is 4.25. The molecule has 2 rings (SSSR count). The van der Waals surface area contributed by atoms with Gasteiger partial charge in [0.1, 0.15) is 5.82 Å². The molecule has 1 saturated carbocycles. The number of nitrogens with zero attached hydrogens (tertiary/aromatic N) is 1. The molecule has 2 atom stereocenters. The Balaban J connectivity index is 2.28. The molecule has 0 radical (unpaired) electrons. The van der Waals surface area contributed by atoms with E-state index in [2.05, 4.69) is 31.1 Å². The Morgan fingerprint density at radius 1 is 1.50 bits per heavy atom. The van der Waals surface area contributed by atoms with Crippen molar-refractivity contribution < 1.29 is 4.39 Å². The summed E-state index contributed by atoms with van der Waals surface area (Å²) in [6, 6.07) is 1.84. The first-order valence-electron chi connectivity index (χ1n) is 6.88. The van der Waals surface area contributed by atoms with Crippen LogP contribution in [0.3, 0.4) is 0 Å². The van der Waals surface area contributed by atoms with E-state index in [0.717, 1.165) is 12.1 Å².